The van der Waals surface area contributed by atoms with Gasteiger partial charge in [0.15, 0.2) is 0 Å². The lowest BCUT2D eigenvalue weighted by Gasteiger charge is -2.36. The van der Waals surface area contributed by atoms with Crippen LogP contribution >= 0.6 is 11.8 Å². The van der Waals surface area contributed by atoms with E-state index in [1.54, 1.807) is 18.1 Å². The molecule has 5 nitrogen and oxygen atoms in total. The number of hydrogen-bond acceptors (Lipinski definition) is 4. The minimum absolute atomic E-state index is 0.0921. The van der Waals surface area contributed by atoms with Crippen LogP contribution in [-0.4, -0.2) is 34.1 Å². The van der Waals surface area contributed by atoms with Crippen molar-refractivity contribution in [1.29, 1.82) is 5.26 Å². The molecule has 3 aromatic rings. The number of nitrogens with one attached hydrogen (secondary N) is 2. The molecule has 1 fully saturated rings. The number of nitriles is 1. The number of halogens is 2. The quantitative estimate of drug-likeness (QED) is 0.326. The van der Waals surface area contributed by atoms with E-state index in [0.717, 1.165) is 39.5 Å². The van der Waals surface area contributed by atoms with Crippen molar-refractivity contribution in [2.75, 3.05) is 12.3 Å². The van der Waals surface area contributed by atoms with E-state index in [9.17, 15) is 13.6 Å². The van der Waals surface area contributed by atoms with Crippen molar-refractivity contribution in [2.45, 2.75) is 42.4 Å². The first-order valence-corrected chi connectivity index (χ1v) is 12.3. The Morgan fingerprint density at radius 3 is 2.76 bits per heavy atom. The van der Waals surface area contributed by atoms with Crippen LogP contribution < -0.4 is 5.32 Å². The fourth-order valence-corrected chi connectivity index (χ4v) is 5.42. The van der Waals surface area contributed by atoms with Crippen molar-refractivity contribution in [3.8, 4) is 17.2 Å². The zero-order chi connectivity index (χ0) is 24.0. The van der Waals surface area contributed by atoms with Gasteiger partial charge in [-0.25, -0.2) is 13.8 Å². The fourth-order valence-electron chi connectivity index (χ4n) is 4.55. The molecule has 4 rings (SSSR count). The maximum atomic E-state index is 14.4. The summed E-state index contributed by atoms with van der Waals surface area (Å²) < 4.78 is 28.9. The molecule has 0 radical (unpaired) electrons. The number of rotatable bonds is 8. The Hall–Kier alpha value is -3.18. The van der Waals surface area contributed by atoms with E-state index in [-0.39, 0.29) is 31.7 Å². The summed E-state index contributed by atoms with van der Waals surface area (Å²) in [5.74, 6) is -3.47. The van der Waals surface area contributed by atoms with Gasteiger partial charge >= 0.3 is 0 Å². The Bertz CT molecular complexity index is 1140. The number of nitrogens with zero attached hydrogens (tertiary/aromatic N) is 2. The topological polar surface area (TPSA) is 81.6 Å². The monoisotopic (exact) mass is 480 g/mol. The number of imidazole rings is 1. The standard InChI is InChI=1S/C26H26F2N4OS/c27-26(28)11-9-23(25(33)31-13-12-29)24(15-26)22-4-2-1-3-21(22)18-5-7-20(8-6-18)34-14-10-19-16-30-17-32-19/h1-8,16-17,23-24H,9-11,13-15H2,(H,30,32)(H,31,33). The van der Waals surface area contributed by atoms with Gasteiger partial charge in [0.05, 0.1) is 18.1 Å². The van der Waals surface area contributed by atoms with Crippen LogP contribution in [0.3, 0.4) is 0 Å². The number of H-pyrrole nitrogens is 1. The largest absolute Gasteiger partial charge is 0.351 e. The lowest BCUT2D eigenvalue weighted by atomic mass is 9.71. The lowest BCUT2D eigenvalue weighted by Crippen LogP contribution is -2.40. The molecule has 0 saturated heterocycles. The Morgan fingerprint density at radius 2 is 2.03 bits per heavy atom. The molecule has 2 aromatic carbocycles. The summed E-state index contributed by atoms with van der Waals surface area (Å²) >= 11 is 1.73. The Kier molecular flexibility index (Phi) is 7.63. The second-order valence-corrected chi connectivity index (χ2v) is 9.63. The average Bonchev–Trinajstić information content (AvgIpc) is 3.36. The molecule has 1 aromatic heterocycles. The predicted molar refractivity (Wildman–Crippen MR) is 129 cm³/mol. The number of aryl methyl sites for hydroxylation is 1. The zero-order valence-corrected chi connectivity index (χ0v) is 19.5. The van der Waals surface area contributed by atoms with E-state index in [1.165, 1.54) is 0 Å². The molecule has 34 heavy (non-hydrogen) atoms. The normalized spacial score (nSPS) is 19.3. The van der Waals surface area contributed by atoms with Gasteiger partial charge in [0.25, 0.3) is 0 Å². The molecule has 0 aliphatic heterocycles. The van der Waals surface area contributed by atoms with Crippen molar-refractivity contribution in [3.05, 3.63) is 72.3 Å². The molecule has 1 heterocycles. The molecule has 0 spiro atoms. The molecule has 1 amide bonds. The number of hydrogen-bond donors (Lipinski definition) is 2. The molecular weight excluding hydrogens is 454 g/mol. The van der Waals surface area contributed by atoms with Gasteiger partial charge in [0.1, 0.15) is 6.54 Å². The summed E-state index contributed by atoms with van der Waals surface area (Å²) in [4.78, 5) is 21.0. The van der Waals surface area contributed by atoms with Crippen molar-refractivity contribution < 1.29 is 13.6 Å². The smallest absolute Gasteiger partial charge is 0.248 e. The number of carbonyl (C=O) groups excluding carboxylic acids is 1. The van der Waals surface area contributed by atoms with Gasteiger partial charge in [-0.05, 0) is 35.2 Å². The molecular formula is C26H26F2N4OS. The third kappa shape index (κ3) is 5.84. The van der Waals surface area contributed by atoms with E-state index in [4.69, 9.17) is 5.26 Å². The van der Waals surface area contributed by atoms with Gasteiger partial charge in [0.2, 0.25) is 11.8 Å². The van der Waals surface area contributed by atoms with Crippen LogP contribution in [0.25, 0.3) is 11.1 Å². The summed E-state index contributed by atoms with van der Waals surface area (Å²) in [5, 5.41) is 11.4. The molecule has 0 bridgehead atoms. The summed E-state index contributed by atoms with van der Waals surface area (Å²) in [7, 11) is 0. The SMILES string of the molecule is N#CCNC(=O)C1CCC(F)(F)CC1c1ccccc1-c1ccc(SCCc2c[nH]cn2)cc1. The number of amides is 1. The maximum absolute atomic E-state index is 14.4. The van der Waals surface area contributed by atoms with Gasteiger partial charge < -0.3 is 10.3 Å². The number of thioether (sulfide) groups is 1. The highest BCUT2D eigenvalue weighted by atomic mass is 32.2. The number of aromatic nitrogens is 2. The van der Waals surface area contributed by atoms with E-state index in [0.29, 0.717) is 0 Å². The number of carbonyl (C=O) groups is 1. The Labute approximate surface area is 202 Å². The van der Waals surface area contributed by atoms with Crippen molar-refractivity contribution in [1.82, 2.24) is 15.3 Å². The van der Waals surface area contributed by atoms with Crippen LogP contribution in [-0.2, 0) is 11.2 Å². The first-order chi connectivity index (χ1) is 16.5. The highest BCUT2D eigenvalue weighted by Gasteiger charge is 2.45. The summed E-state index contributed by atoms with van der Waals surface area (Å²) in [6.07, 6.45) is 3.82. The first-order valence-electron chi connectivity index (χ1n) is 11.3. The number of alkyl halides is 2. The fraction of sp³-hybridized carbons (Fsp3) is 0.346. The molecule has 8 heteroatoms. The van der Waals surface area contributed by atoms with Gasteiger partial charge in [-0.3, -0.25) is 4.79 Å². The van der Waals surface area contributed by atoms with Gasteiger partial charge in [-0.1, -0.05) is 36.4 Å². The molecule has 176 valence electrons. The van der Waals surface area contributed by atoms with E-state index in [2.05, 4.69) is 15.3 Å². The van der Waals surface area contributed by atoms with Crippen LogP contribution in [0, 0.1) is 17.2 Å². The predicted octanol–water partition coefficient (Wildman–Crippen LogP) is 5.57. The Balaban J connectivity index is 1.54. The highest BCUT2D eigenvalue weighted by molar-refractivity contribution is 7.99. The third-order valence-electron chi connectivity index (χ3n) is 6.21. The summed E-state index contributed by atoms with van der Waals surface area (Å²) in [6.45, 7) is -0.126. The van der Waals surface area contributed by atoms with Crippen molar-refractivity contribution >= 4 is 17.7 Å². The van der Waals surface area contributed by atoms with Crippen LogP contribution in [0.4, 0.5) is 8.78 Å². The second kappa shape index (κ2) is 10.8. The van der Waals surface area contributed by atoms with E-state index in [1.807, 2.05) is 60.8 Å². The minimum Gasteiger partial charge on any atom is -0.351 e. The van der Waals surface area contributed by atoms with Gasteiger partial charge in [-0.15, -0.1) is 11.8 Å². The second-order valence-electron chi connectivity index (χ2n) is 8.46. The molecule has 1 saturated carbocycles. The lowest BCUT2D eigenvalue weighted by molar-refractivity contribution is -0.130. The van der Waals surface area contributed by atoms with Gasteiger partial charge in [0, 0.05) is 47.9 Å². The van der Waals surface area contributed by atoms with Gasteiger partial charge in [-0.2, -0.15) is 5.26 Å². The van der Waals surface area contributed by atoms with Crippen LogP contribution in [0.2, 0.25) is 0 Å². The van der Waals surface area contributed by atoms with E-state index >= 15 is 0 Å². The summed E-state index contributed by atoms with van der Waals surface area (Å²) in [5.41, 5.74) is 3.56. The average molecular weight is 481 g/mol. The first kappa shape index (κ1) is 24.0. The third-order valence-corrected chi connectivity index (χ3v) is 7.22. The van der Waals surface area contributed by atoms with Crippen LogP contribution in [0.5, 0.6) is 0 Å². The highest BCUT2D eigenvalue weighted by Crippen LogP contribution is 2.47. The number of aromatic amines is 1. The molecule has 2 atom stereocenters. The minimum atomic E-state index is -2.82. The Morgan fingerprint density at radius 1 is 1.24 bits per heavy atom. The zero-order valence-electron chi connectivity index (χ0n) is 18.6. The van der Waals surface area contributed by atoms with Crippen LogP contribution in [0.1, 0.15) is 36.4 Å². The molecule has 2 N–H and O–H groups in total. The van der Waals surface area contributed by atoms with Crippen LogP contribution in [0.15, 0.2) is 66.0 Å². The van der Waals surface area contributed by atoms with Crippen molar-refractivity contribution in [2.24, 2.45) is 5.92 Å². The van der Waals surface area contributed by atoms with Crippen molar-refractivity contribution in [3.63, 3.8) is 0 Å². The summed E-state index contributed by atoms with van der Waals surface area (Å²) in [6, 6.07) is 17.4. The maximum Gasteiger partial charge on any atom is 0.248 e. The number of benzene rings is 2. The molecule has 1 aliphatic carbocycles. The molecule has 1 aliphatic rings. The van der Waals surface area contributed by atoms with E-state index < -0.39 is 17.8 Å². The molecule has 2 unspecified atom stereocenters.